The lowest BCUT2D eigenvalue weighted by molar-refractivity contribution is 0.357. The molecule has 114 valence electrons. The highest BCUT2D eigenvalue weighted by Gasteiger charge is 2.17. The van der Waals surface area contributed by atoms with Crippen LogP contribution in [0, 0.1) is 23.7 Å². The van der Waals surface area contributed by atoms with E-state index in [2.05, 4.69) is 37.5 Å². The minimum absolute atomic E-state index is 0.714. The minimum Gasteiger partial charge on any atom is -0.491 e. The van der Waals surface area contributed by atoms with Crippen molar-refractivity contribution in [1.29, 1.82) is 0 Å². The van der Waals surface area contributed by atoms with Crippen molar-refractivity contribution in [3.63, 3.8) is 0 Å². The van der Waals surface area contributed by atoms with Crippen molar-refractivity contribution >= 4 is 11.3 Å². The molecule has 0 amide bonds. The first-order valence-electron chi connectivity index (χ1n) is 7.50. The van der Waals surface area contributed by atoms with Gasteiger partial charge in [0.25, 0.3) is 0 Å². The van der Waals surface area contributed by atoms with Gasteiger partial charge < -0.3 is 9.47 Å². The Morgan fingerprint density at radius 2 is 1.24 bits per heavy atom. The van der Waals surface area contributed by atoms with Gasteiger partial charge in [0.2, 0.25) is 0 Å². The van der Waals surface area contributed by atoms with E-state index in [1.54, 1.807) is 25.6 Å². The zero-order valence-electron chi connectivity index (χ0n) is 13.5. The number of hydrogen-bond donors (Lipinski definition) is 0. The third-order valence-electron chi connectivity index (χ3n) is 2.95. The molecule has 21 heavy (non-hydrogen) atoms. The molecule has 2 nitrogen and oxygen atoms in total. The van der Waals surface area contributed by atoms with E-state index in [0.29, 0.717) is 11.5 Å². The third kappa shape index (κ3) is 5.37. The van der Waals surface area contributed by atoms with Gasteiger partial charge in [-0.3, -0.25) is 0 Å². The molecule has 1 heterocycles. The van der Waals surface area contributed by atoms with Crippen molar-refractivity contribution in [1.82, 2.24) is 0 Å². The van der Waals surface area contributed by atoms with E-state index in [9.17, 15) is 0 Å². The Morgan fingerprint density at radius 1 is 0.810 bits per heavy atom. The van der Waals surface area contributed by atoms with E-state index in [-0.39, 0.29) is 0 Å². The van der Waals surface area contributed by atoms with E-state index >= 15 is 0 Å². The molecule has 0 bridgehead atoms. The normalized spacial score (nSPS) is 9.33. The highest BCUT2D eigenvalue weighted by atomic mass is 32.1. The Kier molecular flexibility index (Phi) is 8.48. The fourth-order valence-corrected chi connectivity index (χ4v) is 2.74. The predicted octanol–water partition coefficient (Wildman–Crippen LogP) is 4.85. The van der Waals surface area contributed by atoms with Crippen LogP contribution in [0.2, 0.25) is 0 Å². The Hall–Kier alpha value is -1.58. The van der Waals surface area contributed by atoms with Crippen LogP contribution in [0.1, 0.15) is 62.1 Å². The van der Waals surface area contributed by atoms with Crippen molar-refractivity contribution < 1.29 is 9.47 Å². The molecule has 0 aromatic carbocycles. The van der Waals surface area contributed by atoms with Gasteiger partial charge in [0.1, 0.15) is 9.75 Å². The van der Waals surface area contributed by atoms with Crippen LogP contribution in [-0.2, 0) is 0 Å². The minimum atomic E-state index is 0.714. The molecule has 0 aliphatic carbocycles. The molecular weight excluding hydrogens is 280 g/mol. The third-order valence-corrected chi connectivity index (χ3v) is 3.93. The van der Waals surface area contributed by atoms with Gasteiger partial charge >= 0.3 is 0 Å². The van der Waals surface area contributed by atoms with Gasteiger partial charge in [-0.25, -0.2) is 0 Å². The van der Waals surface area contributed by atoms with Gasteiger partial charge in [-0.15, -0.1) is 11.3 Å². The zero-order valence-corrected chi connectivity index (χ0v) is 14.3. The molecule has 3 heteroatoms. The summed E-state index contributed by atoms with van der Waals surface area (Å²) in [6.07, 6.45) is 6.40. The molecule has 0 radical (unpaired) electrons. The van der Waals surface area contributed by atoms with Crippen LogP contribution >= 0.6 is 11.3 Å². The molecule has 0 saturated heterocycles. The lowest BCUT2D eigenvalue weighted by Crippen LogP contribution is -1.89. The van der Waals surface area contributed by atoms with Crippen molar-refractivity contribution in [2.24, 2.45) is 0 Å². The maximum Gasteiger partial charge on any atom is 0.188 e. The van der Waals surface area contributed by atoms with Gasteiger partial charge in [0, 0.05) is 12.8 Å². The van der Waals surface area contributed by atoms with Crippen LogP contribution in [0.3, 0.4) is 0 Å². The summed E-state index contributed by atoms with van der Waals surface area (Å²) in [7, 11) is 3.30. The van der Waals surface area contributed by atoms with Crippen molar-refractivity contribution in [3.05, 3.63) is 9.75 Å². The summed E-state index contributed by atoms with van der Waals surface area (Å²) in [6.45, 7) is 4.33. The Balaban J connectivity index is 2.99. The molecule has 0 spiro atoms. The van der Waals surface area contributed by atoms with Crippen molar-refractivity contribution in [2.45, 2.75) is 52.4 Å². The Morgan fingerprint density at radius 3 is 1.57 bits per heavy atom. The van der Waals surface area contributed by atoms with Crippen LogP contribution in [0.25, 0.3) is 0 Å². The van der Waals surface area contributed by atoms with Crippen LogP contribution in [0.5, 0.6) is 11.5 Å². The second-order valence-electron chi connectivity index (χ2n) is 4.64. The van der Waals surface area contributed by atoms with Gasteiger partial charge in [-0.2, -0.15) is 0 Å². The second-order valence-corrected chi connectivity index (χ2v) is 5.66. The van der Waals surface area contributed by atoms with Crippen LogP contribution in [0.15, 0.2) is 0 Å². The number of thiophene rings is 1. The standard InChI is InChI=1S/C18H24O2S/c1-5-7-9-11-13-15-17(19-3)18(20-4)16(21-15)14-12-10-8-6-2/h5-10H2,1-4H3. The Bertz CT molecular complexity index is 501. The average Bonchev–Trinajstić information content (AvgIpc) is 2.84. The largest absolute Gasteiger partial charge is 0.491 e. The van der Waals surface area contributed by atoms with E-state index in [0.717, 1.165) is 48.3 Å². The first kappa shape index (κ1) is 17.5. The van der Waals surface area contributed by atoms with Crippen LogP contribution < -0.4 is 9.47 Å². The molecular formula is C18H24O2S. The zero-order chi connectivity index (χ0) is 15.5. The summed E-state index contributed by atoms with van der Waals surface area (Å²) < 4.78 is 10.9. The lowest BCUT2D eigenvalue weighted by atomic mass is 10.2. The highest BCUT2D eigenvalue weighted by Crippen LogP contribution is 2.41. The summed E-state index contributed by atoms with van der Waals surface area (Å²) in [6, 6.07) is 0. The van der Waals surface area contributed by atoms with Gasteiger partial charge in [0.05, 0.1) is 14.2 Å². The van der Waals surface area contributed by atoms with Gasteiger partial charge in [0.15, 0.2) is 11.5 Å². The number of rotatable bonds is 6. The van der Waals surface area contributed by atoms with E-state index in [1.165, 1.54) is 0 Å². The number of ether oxygens (including phenoxy) is 2. The van der Waals surface area contributed by atoms with Crippen molar-refractivity contribution in [2.75, 3.05) is 14.2 Å². The molecule has 0 unspecified atom stereocenters. The summed E-state index contributed by atoms with van der Waals surface area (Å²) in [4.78, 5) is 1.82. The topological polar surface area (TPSA) is 18.5 Å². The average molecular weight is 304 g/mol. The lowest BCUT2D eigenvalue weighted by Gasteiger charge is -2.01. The smallest absolute Gasteiger partial charge is 0.188 e. The first-order valence-corrected chi connectivity index (χ1v) is 8.32. The van der Waals surface area contributed by atoms with Crippen LogP contribution in [-0.4, -0.2) is 14.2 Å². The molecule has 0 aliphatic heterocycles. The summed E-state index contributed by atoms with van der Waals surface area (Å²) in [5.41, 5.74) is 0. The summed E-state index contributed by atoms with van der Waals surface area (Å²) in [5.74, 6) is 14.2. The number of unbranched alkanes of at least 4 members (excludes halogenated alkanes) is 4. The maximum atomic E-state index is 5.45. The Labute approximate surface area is 132 Å². The molecule has 1 aromatic heterocycles. The number of hydrogen-bond acceptors (Lipinski definition) is 3. The summed E-state index contributed by atoms with van der Waals surface area (Å²) in [5, 5.41) is 0. The number of methoxy groups -OCH3 is 2. The fourth-order valence-electron chi connectivity index (χ4n) is 1.75. The molecule has 0 aliphatic rings. The quantitative estimate of drug-likeness (QED) is 0.552. The fraction of sp³-hybridized carbons (Fsp3) is 0.556. The highest BCUT2D eigenvalue weighted by molar-refractivity contribution is 7.13. The van der Waals surface area contributed by atoms with Gasteiger partial charge in [-0.05, 0) is 12.8 Å². The van der Waals surface area contributed by atoms with E-state index in [1.807, 2.05) is 0 Å². The molecule has 0 fully saturated rings. The summed E-state index contributed by atoms with van der Waals surface area (Å²) >= 11 is 1.55. The monoisotopic (exact) mass is 304 g/mol. The maximum absolute atomic E-state index is 5.45. The second kappa shape index (κ2) is 10.2. The van der Waals surface area contributed by atoms with E-state index < -0.39 is 0 Å². The van der Waals surface area contributed by atoms with Gasteiger partial charge in [-0.1, -0.05) is 50.4 Å². The molecule has 0 atom stereocenters. The SMILES string of the molecule is CCCCC#Cc1sc(C#CCCCC)c(OC)c1OC. The molecule has 1 aromatic rings. The molecule has 1 rings (SSSR count). The van der Waals surface area contributed by atoms with Crippen LogP contribution in [0.4, 0.5) is 0 Å². The molecule has 0 saturated carbocycles. The molecule has 0 N–H and O–H groups in total. The van der Waals surface area contributed by atoms with E-state index in [4.69, 9.17) is 9.47 Å². The van der Waals surface area contributed by atoms with Crippen molar-refractivity contribution in [3.8, 4) is 35.2 Å². The first-order chi connectivity index (χ1) is 10.3. The predicted molar refractivity (Wildman–Crippen MR) is 90.2 cm³/mol.